The van der Waals surface area contributed by atoms with Crippen LogP contribution < -0.4 is 0 Å². The van der Waals surface area contributed by atoms with Crippen molar-refractivity contribution in [2.45, 2.75) is 39.4 Å². The third kappa shape index (κ3) is 11.1. The molecule has 0 unspecified atom stereocenters. The van der Waals surface area contributed by atoms with Gasteiger partial charge in [-0.05, 0) is 33.6 Å². The van der Waals surface area contributed by atoms with Crippen molar-refractivity contribution in [3.8, 4) is 0 Å². The Balaban J connectivity index is 3.42. The Labute approximate surface area is 90.9 Å². The van der Waals surface area contributed by atoms with Gasteiger partial charge in [-0.1, -0.05) is 6.08 Å². The summed E-state index contributed by atoms with van der Waals surface area (Å²) in [6.07, 6.45) is 4.65. The predicted octanol–water partition coefficient (Wildman–Crippen LogP) is 1.63. The number of carbonyl (C=O) groups is 1. The van der Waals surface area contributed by atoms with E-state index >= 15 is 0 Å². The van der Waals surface area contributed by atoms with Crippen molar-refractivity contribution in [2.24, 2.45) is 0 Å². The van der Waals surface area contributed by atoms with Crippen LogP contribution in [0.5, 0.6) is 0 Å². The maximum atomic E-state index is 10.9. The molecular weight excluding hydrogens is 196 g/mol. The molecule has 4 heteroatoms. The van der Waals surface area contributed by atoms with Crippen molar-refractivity contribution < 1.29 is 19.4 Å². The molecule has 0 saturated carbocycles. The van der Waals surface area contributed by atoms with Crippen LogP contribution in [0.1, 0.15) is 33.6 Å². The van der Waals surface area contributed by atoms with E-state index < -0.39 is 5.79 Å². The fourth-order valence-corrected chi connectivity index (χ4v) is 0.893. The van der Waals surface area contributed by atoms with Gasteiger partial charge in [0, 0.05) is 6.08 Å². The Kier molecular flexibility index (Phi) is 6.99. The lowest BCUT2D eigenvalue weighted by Crippen LogP contribution is -2.23. The molecule has 4 nitrogen and oxygen atoms in total. The van der Waals surface area contributed by atoms with E-state index in [1.165, 1.54) is 6.08 Å². The quantitative estimate of drug-likeness (QED) is 0.304. The molecule has 0 atom stereocenters. The van der Waals surface area contributed by atoms with Gasteiger partial charge in [0.15, 0.2) is 5.79 Å². The summed E-state index contributed by atoms with van der Waals surface area (Å²) in [4.78, 5) is 10.9. The number of hydrogen-bond donors (Lipinski definition) is 1. The van der Waals surface area contributed by atoms with Crippen molar-refractivity contribution in [3.05, 3.63) is 12.2 Å². The largest absolute Gasteiger partial charge is 0.463 e. The molecule has 0 aromatic rings. The second kappa shape index (κ2) is 7.43. The number of allylic oxidation sites excluding steroid dienone is 1. The highest BCUT2D eigenvalue weighted by molar-refractivity contribution is 5.81. The predicted molar refractivity (Wildman–Crippen MR) is 57.3 cm³/mol. The van der Waals surface area contributed by atoms with Crippen molar-refractivity contribution >= 4 is 5.97 Å². The topological polar surface area (TPSA) is 55.8 Å². The van der Waals surface area contributed by atoms with Gasteiger partial charge < -0.3 is 14.6 Å². The first-order valence-corrected chi connectivity index (χ1v) is 5.15. The van der Waals surface area contributed by atoms with Crippen LogP contribution in [0.2, 0.25) is 0 Å². The molecule has 0 aliphatic rings. The van der Waals surface area contributed by atoms with Gasteiger partial charge in [0.1, 0.15) is 0 Å². The molecule has 0 heterocycles. The standard InChI is InChI=1S/C11H20O4/c1-4-14-10(12)8-6-5-7-9-15-11(2,3)13/h6,8,13H,4-5,7,9H2,1-3H3/b8-6+. The molecule has 0 fully saturated rings. The molecule has 0 spiro atoms. The highest BCUT2D eigenvalue weighted by Crippen LogP contribution is 2.04. The van der Waals surface area contributed by atoms with Gasteiger partial charge >= 0.3 is 5.97 Å². The Morgan fingerprint density at radius 3 is 2.67 bits per heavy atom. The Hall–Kier alpha value is -0.870. The highest BCUT2D eigenvalue weighted by Gasteiger charge is 2.10. The molecule has 1 N–H and O–H groups in total. The molecule has 0 aliphatic carbocycles. The molecule has 88 valence electrons. The third-order valence-corrected chi connectivity index (χ3v) is 1.51. The summed E-state index contributed by atoms with van der Waals surface area (Å²) >= 11 is 0. The number of ether oxygens (including phenoxy) is 2. The summed E-state index contributed by atoms with van der Waals surface area (Å²) in [6.45, 7) is 5.80. The molecule has 0 amide bonds. The molecule has 0 rings (SSSR count). The van der Waals surface area contributed by atoms with E-state index in [9.17, 15) is 9.90 Å². The first-order chi connectivity index (χ1) is 6.95. The van der Waals surface area contributed by atoms with E-state index in [4.69, 9.17) is 9.47 Å². The summed E-state index contributed by atoms with van der Waals surface area (Å²) in [7, 11) is 0. The SMILES string of the molecule is CCOC(=O)/C=C/CCCOC(C)(C)O. The number of esters is 1. The lowest BCUT2D eigenvalue weighted by Gasteiger charge is -2.17. The zero-order valence-electron chi connectivity index (χ0n) is 9.66. The Morgan fingerprint density at radius 2 is 2.13 bits per heavy atom. The molecule has 0 saturated heterocycles. The van der Waals surface area contributed by atoms with Crippen molar-refractivity contribution in [2.75, 3.05) is 13.2 Å². The summed E-state index contributed by atoms with van der Waals surface area (Å²) in [5.41, 5.74) is 0. The molecule has 0 aliphatic heterocycles. The third-order valence-electron chi connectivity index (χ3n) is 1.51. The van der Waals surface area contributed by atoms with Crippen LogP contribution >= 0.6 is 0 Å². The minimum Gasteiger partial charge on any atom is -0.463 e. The maximum absolute atomic E-state index is 10.9. The number of carbonyl (C=O) groups excluding carboxylic acids is 1. The van der Waals surface area contributed by atoms with Gasteiger partial charge in [0.2, 0.25) is 0 Å². The van der Waals surface area contributed by atoms with Crippen molar-refractivity contribution in [3.63, 3.8) is 0 Å². The lowest BCUT2D eigenvalue weighted by atomic mass is 10.3. The number of hydrogen-bond acceptors (Lipinski definition) is 4. The molecule has 0 radical (unpaired) electrons. The first kappa shape index (κ1) is 14.1. The van der Waals surface area contributed by atoms with Gasteiger partial charge in [-0.25, -0.2) is 4.79 Å². The summed E-state index contributed by atoms with van der Waals surface area (Å²) in [5.74, 6) is -1.40. The van der Waals surface area contributed by atoms with Crippen LogP contribution in [0, 0.1) is 0 Å². The zero-order valence-corrected chi connectivity index (χ0v) is 9.66. The van der Waals surface area contributed by atoms with E-state index in [-0.39, 0.29) is 5.97 Å². The number of rotatable bonds is 7. The van der Waals surface area contributed by atoms with Gasteiger partial charge in [-0.3, -0.25) is 0 Å². The fraction of sp³-hybridized carbons (Fsp3) is 0.727. The van der Waals surface area contributed by atoms with E-state index in [0.717, 1.165) is 12.8 Å². The smallest absolute Gasteiger partial charge is 0.330 e. The molecular formula is C11H20O4. The summed E-state index contributed by atoms with van der Waals surface area (Å²) in [6, 6.07) is 0. The fourth-order valence-electron chi connectivity index (χ4n) is 0.893. The molecule has 15 heavy (non-hydrogen) atoms. The Morgan fingerprint density at radius 1 is 1.47 bits per heavy atom. The highest BCUT2D eigenvalue weighted by atomic mass is 16.6. The minimum atomic E-state index is -1.08. The normalized spacial score (nSPS) is 12.0. The van der Waals surface area contributed by atoms with E-state index in [2.05, 4.69) is 0 Å². The van der Waals surface area contributed by atoms with E-state index in [1.54, 1.807) is 26.8 Å². The second-order valence-electron chi connectivity index (χ2n) is 3.59. The van der Waals surface area contributed by atoms with Crippen LogP contribution in [0.3, 0.4) is 0 Å². The van der Waals surface area contributed by atoms with Crippen molar-refractivity contribution in [1.82, 2.24) is 0 Å². The van der Waals surface area contributed by atoms with Gasteiger partial charge in [-0.15, -0.1) is 0 Å². The average molecular weight is 216 g/mol. The van der Waals surface area contributed by atoms with Crippen LogP contribution in [-0.4, -0.2) is 30.1 Å². The van der Waals surface area contributed by atoms with Crippen LogP contribution in [0.15, 0.2) is 12.2 Å². The van der Waals surface area contributed by atoms with Crippen LogP contribution in [-0.2, 0) is 14.3 Å². The van der Waals surface area contributed by atoms with E-state index in [0.29, 0.717) is 13.2 Å². The van der Waals surface area contributed by atoms with Crippen LogP contribution in [0.4, 0.5) is 0 Å². The number of unbranched alkanes of at least 4 members (excludes halogenated alkanes) is 1. The lowest BCUT2D eigenvalue weighted by molar-refractivity contribution is -0.176. The second-order valence-corrected chi connectivity index (χ2v) is 3.59. The summed E-state index contributed by atoms with van der Waals surface area (Å²) in [5, 5.41) is 9.22. The summed E-state index contributed by atoms with van der Waals surface area (Å²) < 4.78 is 9.80. The minimum absolute atomic E-state index is 0.319. The zero-order chi connectivity index (χ0) is 11.7. The molecule has 0 aromatic heterocycles. The average Bonchev–Trinajstić information content (AvgIpc) is 2.09. The first-order valence-electron chi connectivity index (χ1n) is 5.15. The maximum Gasteiger partial charge on any atom is 0.330 e. The van der Waals surface area contributed by atoms with Crippen molar-refractivity contribution in [1.29, 1.82) is 0 Å². The van der Waals surface area contributed by atoms with Gasteiger partial charge in [0.05, 0.1) is 13.2 Å². The number of aliphatic hydroxyl groups is 1. The van der Waals surface area contributed by atoms with E-state index in [1.807, 2.05) is 0 Å². The molecule has 0 aromatic carbocycles. The van der Waals surface area contributed by atoms with Gasteiger partial charge in [-0.2, -0.15) is 0 Å². The molecule has 0 bridgehead atoms. The Bertz CT molecular complexity index is 203. The van der Waals surface area contributed by atoms with Gasteiger partial charge in [0.25, 0.3) is 0 Å². The monoisotopic (exact) mass is 216 g/mol. The van der Waals surface area contributed by atoms with Crippen LogP contribution in [0.25, 0.3) is 0 Å².